The number of hydrogen-bond donors (Lipinski definition) is 0. The Morgan fingerprint density at radius 2 is 1.21 bits per heavy atom. The molecule has 0 amide bonds. The number of benzene rings is 6. The van der Waals surface area contributed by atoms with E-state index in [2.05, 4.69) is 83.4 Å². The summed E-state index contributed by atoms with van der Waals surface area (Å²) in [5.74, 6) is 0.773. The van der Waals surface area contributed by atoms with Gasteiger partial charge in [0.05, 0.1) is 11.0 Å². The van der Waals surface area contributed by atoms with E-state index in [-0.39, 0.29) is 0 Å². The van der Waals surface area contributed by atoms with E-state index in [0.717, 1.165) is 66.5 Å². The quantitative estimate of drug-likeness (QED) is 0.215. The largest absolute Gasteiger partial charge is 0.456 e. The van der Waals surface area contributed by atoms with Crippen LogP contribution in [0.25, 0.3) is 105 Å². The van der Waals surface area contributed by atoms with Gasteiger partial charge in [-0.1, -0.05) is 78.9 Å². The molecule has 6 aromatic carbocycles. The van der Waals surface area contributed by atoms with Gasteiger partial charge in [0.1, 0.15) is 28.0 Å². The summed E-state index contributed by atoms with van der Waals surface area (Å²) in [4.78, 5) is 10.5. The Bertz CT molecular complexity index is 2840. The molecule has 0 bridgehead atoms. The Hall–Kier alpha value is -5.94. The minimum absolute atomic E-state index is 0.534. The fourth-order valence-corrected chi connectivity index (χ4v) is 7.41. The molecule has 0 fully saturated rings. The number of fused-ring (bicyclic) bond motifs is 4. The van der Waals surface area contributed by atoms with Crippen LogP contribution in [0.4, 0.5) is 0 Å². The molecular formula is C38H19N3O2. The van der Waals surface area contributed by atoms with E-state index in [1.54, 1.807) is 0 Å². The van der Waals surface area contributed by atoms with Crippen molar-refractivity contribution in [2.24, 2.45) is 0 Å². The molecule has 0 N–H and O–H groups in total. The fourth-order valence-electron chi connectivity index (χ4n) is 7.41. The van der Waals surface area contributed by atoms with Crippen LogP contribution >= 0.6 is 0 Å². The van der Waals surface area contributed by atoms with E-state index in [0.29, 0.717) is 5.71 Å². The van der Waals surface area contributed by atoms with E-state index >= 15 is 0 Å². The summed E-state index contributed by atoms with van der Waals surface area (Å²) >= 11 is 0. The summed E-state index contributed by atoms with van der Waals surface area (Å²) in [7, 11) is 0. The second kappa shape index (κ2) is 7.46. The highest BCUT2D eigenvalue weighted by molar-refractivity contribution is 6.38. The van der Waals surface area contributed by atoms with Crippen molar-refractivity contribution in [3.63, 3.8) is 0 Å². The molecule has 11 rings (SSSR count). The number of aromatic nitrogens is 3. The van der Waals surface area contributed by atoms with Crippen LogP contribution in [-0.2, 0) is 0 Å². The van der Waals surface area contributed by atoms with Crippen LogP contribution < -0.4 is 0 Å². The van der Waals surface area contributed by atoms with Gasteiger partial charge >= 0.3 is 0 Å². The maximum Gasteiger partial charge on any atom is 0.247 e. The molecule has 0 spiro atoms. The lowest BCUT2D eigenvalue weighted by Crippen LogP contribution is -2.03. The van der Waals surface area contributed by atoms with Gasteiger partial charge in [0.15, 0.2) is 5.82 Å². The van der Waals surface area contributed by atoms with Crippen molar-refractivity contribution in [1.29, 1.82) is 0 Å². The second-order valence-electron chi connectivity index (χ2n) is 11.3. The Balaban J connectivity index is 1.41. The zero-order valence-corrected chi connectivity index (χ0v) is 22.6. The first-order valence-corrected chi connectivity index (χ1v) is 14.4. The third-order valence-corrected chi connectivity index (χ3v) is 9.14. The van der Waals surface area contributed by atoms with Crippen molar-refractivity contribution in [3.8, 4) is 28.2 Å². The van der Waals surface area contributed by atoms with Gasteiger partial charge in [-0.2, -0.15) is 0 Å². The van der Waals surface area contributed by atoms with Gasteiger partial charge in [0.2, 0.25) is 5.71 Å². The van der Waals surface area contributed by atoms with Crippen LogP contribution in [-0.4, -0.2) is 14.5 Å². The summed E-state index contributed by atoms with van der Waals surface area (Å²) in [6, 6.07) is 40.0. The first kappa shape index (κ1) is 21.8. The van der Waals surface area contributed by atoms with E-state index in [9.17, 15) is 0 Å². The number of hydrogen-bond acceptors (Lipinski definition) is 4. The lowest BCUT2D eigenvalue weighted by Gasteiger charge is -2.13. The molecule has 0 aliphatic heterocycles. The average Bonchev–Trinajstić information content (AvgIpc) is 3.70. The zero-order valence-electron chi connectivity index (χ0n) is 22.6. The standard InChI is InChI=1S/C38H19N3O2/c1-2-8-21(9-3-1)35-37(39-36-24-11-4-5-14-27(24)43-38(36)40-35)41-25-17-16-20-10-6-12-22-23-13-7-15-28-31(23)34-29(42-28)19-18-26(41)33(34)32(25)30(20)22/h1-19H. The molecule has 198 valence electrons. The predicted molar refractivity (Wildman–Crippen MR) is 173 cm³/mol. The maximum atomic E-state index is 6.47. The van der Waals surface area contributed by atoms with E-state index in [4.69, 9.17) is 18.8 Å². The van der Waals surface area contributed by atoms with Crippen LogP contribution in [0.15, 0.2) is 124 Å². The van der Waals surface area contributed by atoms with Crippen molar-refractivity contribution in [3.05, 3.63) is 115 Å². The van der Waals surface area contributed by atoms with Crippen LogP contribution in [0.2, 0.25) is 0 Å². The van der Waals surface area contributed by atoms with Crippen molar-refractivity contribution in [2.75, 3.05) is 0 Å². The summed E-state index contributed by atoms with van der Waals surface area (Å²) in [5, 5.41) is 8.14. The first-order chi connectivity index (χ1) is 21.3. The van der Waals surface area contributed by atoms with Crippen molar-refractivity contribution in [2.45, 2.75) is 0 Å². The molecule has 43 heavy (non-hydrogen) atoms. The van der Waals surface area contributed by atoms with Gasteiger partial charge in [-0.3, -0.25) is 4.57 Å². The molecule has 1 aliphatic rings. The molecule has 0 radical (unpaired) electrons. The first-order valence-electron chi connectivity index (χ1n) is 14.4. The third kappa shape index (κ3) is 2.59. The Morgan fingerprint density at radius 3 is 2.12 bits per heavy atom. The fraction of sp³-hybridized carbons (Fsp3) is 0. The van der Waals surface area contributed by atoms with E-state index in [1.165, 1.54) is 32.7 Å². The summed E-state index contributed by atoms with van der Waals surface area (Å²) in [6.45, 7) is 0. The summed E-state index contributed by atoms with van der Waals surface area (Å²) < 4.78 is 15.0. The van der Waals surface area contributed by atoms with Gasteiger partial charge in [0, 0.05) is 32.5 Å². The van der Waals surface area contributed by atoms with Gasteiger partial charge in [-0.05, 0) is 58.3 Å². The highest BCUT2D eigenvalue weighted by Crippen LogP contribution is 2.51. The molecule has 4 aromatic heterocycles. The minimum Gasteiger partial charge on any atom is -0.456 e. The maximum absolute atomic E-state index is 6.47. The molecule has 1 aliphatic carbocycles. The minimum atomic E-state index is 0.534. The average molecular weight is 550 g/mol. The molecule has 0 saturated heterocycles. The topological polar surface area (TPSA) is 57.0 Å². The smallest absolute Gasteiger partial charge is 0.247 e. The zero-order chi connectivity index (χ0) is 27.8. The lowest BCUT2D eigenvalue weighted by molar-refractivity contribution is 0.653. The Labute approximate surface area is 243 Å². The normalized spacial score (nSPS) is 12.7. The molecular weight excluding hydrogens is 530 g/mol. The van der Waals surface area contributed by atoms with Gasteiger partial charge < -0.3 is 8.83 Å². The van der Waals surface area contributed by atoms with Crippen LogP contribution in [0.3, 0.4) is 0 Å². The molecule has 0 unspecified atom stereocenters. The molecule has 0 atom stereocenters. The summed E-state index contributed by atoms with van der Waals surface area (Å²) in [6.07, 6.45) is 0. The van der Waals surface area contributed by atoms with Crippen molar-refractivity contribution < 1.29 is 8.83 Å². The molecule has 5 heteroatoms. The third-order valence-electron chi connectivity index (χ3n) is 9.14. The second-order valence-corrected chi connectivity index (χ2v) is 11.3. The van der Waals surface area contributed by atoms with Gasteiger partial charge in [0.25, 0.3) is 0 Å². The number of rotatable bonds is 2. The Morgan fingerprint density at radius 1 is 0.488 bits per heavy atom. The number of furan rings is 2. The summed E-state index contributed by atoms with van der Waals surface area (Å²) in [5.41, 5.74) is 10.2. The number of para-hydroxylation sites is 1. The molecule has 5 nitrogen and oxygen atoms in total. The van der Waals surface area contributed by atoms with E-state index in [1.807, 2.05) is 36.4 Å². The van der Waals surface area contributed by atoms with Crippen LogP contribution in [0.5, 0.6) is 0 Å². The monoisotopic (exact) mass is 549 g/mol. The Kier molecular flexibility index (Phi) is 3.78. The van der Waals surface area contributed by atoms with Gasteiger partial charge in [-0.25, -0.2) is 9.97 Å². The highest BCUT2D eigenvalue weighted by atomic mass is 16.3. The van der Waals surface area contributed by atoms with Crippen LogP contribution in [0, 0.1) is 0 Å². The van der Waals surface area contributed by atoms with Crippen molar-refractivity contribution >= 4 is 76.7 Å². The molecule has 0 saturated carbocycles. The lowest BCUT2D eigenvalue weighted by atomic mass is 9.95. The van der Waals surface area contributed by atoms with E-state index < -0.39 is 0 Å². The predicted octanol–water partition coefficient (Wildman–Crippen LogP) is 10.2. The molecule has 10 aromatic rings. The van der Waals surface area contributed by atoms with Crippen molar-refractivity contribution in [1.82, 2.24) is 14.5 Å². The van der Waals surface area contributed by atoms with Crippen LogP contribution in [0.1, 0.15) is 0 Å². The number of nitrogens with zero attached hydrogens (tertiary/aromatic N) is 3. The van der Waals surface area contributed by atoms with Gasteiger partial charge in [-0.15, -0.1) is 0 Å². The SMILES string of the molecule is c1ccc(-c2nc3oc4ccccc4c3nc2-n2c3ccc4cccc5c4c3c3c4c(ccc32)oc2cccc-5c24)cc1. The highest BCUT2D eigenvalue weighted by Gasteiger charge is 2.28. The molecule has 4 heterocycles.